The zero-order valence-electron chi connectivity index (χ0n) is 11.4. The average molecular weight is 220 g/mol. The monoisotopic (exact) mass is 220 g/mol. The van der Waals surface area contributed by atoms with Gasteiger partial charge in [-0.1, -0.05) is 32.0 Å². The van der Waals surface area contributed by atoms with E-state index in [0.717, 1.165) is 6.67 Å². The van der Waals surface area contributed by atoms with E-state index >= 15 is 0 Å². The predicted octanol–water partition coefficient (Wildman–Crippen LogP) is 3.29. The summed E-state index contributed by atoms with van der Waals surface area (Å²) in [5.41, 5.74) is 2.91. The smallest absolute Gasteiger partial charge is 0.0708 e. The van der Waals surface area contributed by atoms with E-state index in [1.807, 2.05) is 13.8 Å². The van der Waals surface area contributed by atoms with Gasteiger partial charge in [-0.25, -0.2) is 0 Å². The maximum absolute atomic E-state index is 2.37. The van der Waals surface area contributed by atoms with Crippen molar-refractivity contribution in [3.05, 3.63) is 29.8 Å². The Morgan fingerprint density at radius 3 is 2.25 bits per heavy atom. The summed E-state index contributed by atoms with van der Waals surface area (Å²) >= 11 is 0. The van der Waals surface area contributed by atoms with E-state index in [1.54, 1.807) is 0 Å². The van der Waals surface area contributed by atoms with Gasteiger partial charge in [-0.05, 0) is 32.5 Å². The molecule has 0 radical (unpaired) electrons. The van der Waals surface area contributed by atoms with Crippen molar-refractivity contribution in [2.45, 2.75) is 33.2 Å². The fraction of sp³-hybridized carbons (Fsp3) is 0.571. The van der Waals surface area contributed by atoms with Crippen LogP contribution in [0.2, 0.25) is 0 Å². The SMILES string of the molecule is CC.CN1CN(C)C(C)(C)c2ccccc21. The molecule has 0 unspecified atom stereocenters. The molecular formula is C14H24N2. The van der Waals surface area contributed by atoms with E-state index in [1.165, 1.54) is 11.3 Å². The van der Waals surface area contributed by atoms with Crippen LogP contribution in [0, 0.1) is 0 Å². The molecule has 0 bridgehead atoms. The van der Waals surface area contributed by atoms with E-state index in [9.17, 15) is 0 Å². The molecule has 0 atom stereocenters. The lowest BCUT2D eigenvalue weighted by atomic mass is 9.89. The number of benzene rings is 1. The van der Waals surface area contributed by atoms with Gasteiger partial charge in [0, 0.05) is 18.3 Å². The number of anilines is 1. The van der Waals surface area contributed by atoms with Crippen LogP contribution in [0.4, 0.5) is 5.69 Å². The van der Waals surface area contributed by atoms with Crippen LogP contribution < -0.4 is 4.90 Å². The second-order valence-corrected chi connectivity index (χ2v) is 4.61. The molecule has 0 fully saturated rings. The molecule has 1 aromatic carbocycles. The van der Waals surface area contributed by atoms with Crippen molar-refractivity contribution in [1.29, 1.82) is 0 Å². The van der Waals surface area contributed by atoms with E-state index in [-0.39, 0.29) is 5.54 Å². The Morgan fingerprint density at radius 1 is 1.06 bits per heavy atom. The molecule has 2 heteroatoms. The molecule has 0 aliphatic carbocycles. The molecule has 2 rings (SSSR count). The molecule has 90 valence electrons. The fourth-order valence-electron chi connectivity index (χ4n) is 2.10. The Hall–Kier alpha value is -1.02. The third-order valence-corrected chi connectivity index (χ3v) is 3.35. The first-order chi connectivity index (χ1) is 7.53. The lowest BCUT2D eigenvalue weighted by molar-refractivity contribution is 0.147. The highest BCUT2D eigenvalue weighted by atomic mass is 15.3. The highest BCUT2D eigenvalue weighted by Crippen LogP contribution is 2.37. The van der Waals surface area contributed by atoms with Gasteiger partial charge in [0.25, 0.3) is 0 Å². The lowest BCUT2D eigenvalue weighted by Gasteiger charge is -2.45. The van der Waals surface area contributed by atoms with Crippen LogP contribution in [0.25, 0.3) is 0 Å². The second kappa shape index (κ2) is 4.88. The Bertz CT molecular complexity index is 344. The maximum Gasteiger partial charge on any atom is 0.0708 e. The number of fused-ring (bicyclic) bond motifs is 1. The van der Waals surface area contributed by atoms with Crippen molar-refractivity contribution in [1.82, 2.24) is 4.90 Å². The minimum atomic E-state index is 0.142. The molecule has 0 spiro atoms. The van der Waals surface area contributed by atoms with Gasteiger partial charge >= 0.3 is 0 Å². The van der Waals surface area contributed by atoms with Gasteiger partial charge < -0.3 is 4.90 Å². The molecule has 0 saturated heterocycles. The van der Waals surface area contributed by atoms with Crippen LogP contribution in [0.3, 0.4) is 0 Å². The van der Waals surface area contributed by atoms with Crippen LogP contribution in [0.1, 0.15) is 33.3 Å². The Balaban J connectivity index is 0.000000606. The van der Waals surface area contributed by atoms with Gasteiger partial charge in [-0.3, -0.25) is 4.90 Å². The summed E-state index contributed by atoms with van der Waals surface area (Å²) in [6, 6.07) is 8.65. The summed E-state index contributed by atoms with van der Waals surface area (Å²) in [6.45, 7) is 9.54. The average Bonchev–Trinajstić information content (AvgIpc) is 2.30. The molecule has 0 N–H and O–H groups in total. The highest BCUT2D eigenvalue weighted by molar-refractivity contribution is 5.57. The van der Waals surface area contributed by atoms with Gasteiger partial charge in [0.05, 0.1) is 6.67 Å². The number of hydrogen-bond donors (Lipinski definition) is 0. The number of nitrogens with zero attached hydrogens (tertiary/aromatic N) is 2. The van der Waals surface area contributed by atoms with Gasteiger partial charge in [0.1, 0.15) is 0 Å². The molecule has 0 amide bonds. The third kappa shape index (κ3) is 2.07. The highest BCUT2D eigenvalue weighted by Gasteiger charge is 2.33. The Kier molecular flexibility index (Phi) is 3.98. The minimum absolute atomic E-state index is 0.142. The standard InChI is InChI=1S/C12H18N2.C2H6/c1-12(2)10-7-5-6-8-11(10)13(3)9-14(12)4;1-2/h5-8H,9H2,1-4H3;1-2H3. The van der Waals surface area contributed by atoms with Crippen LogP contribution in [-0.4, -0.2) is 25.7 Å². The van der Waals surface area contributed by atoms with Crippen molar-refractivity contribution >= 4 is 5.69 Å². The molecule has 1 aliphatic rings. The van der Waals surface area contributed by atoms with Crippen LogP contribution in [0.5, 0.6) is 0 Å². The number of hydrogen-bond acceptors (Lipinski definition) is 2. The largest absolute Gasteiger partial charge is 0.361 e. The van der Waals surface area contributed by atoms with E-state index in [0.29, 0.717) is 0 Å². The summed E-state index contributed by atoms with van der Waals surface area (Å²) in [5, 5.41) is 0. The fourth-order valence-corrected chi connectivity index (χ4v) is 2.10. The van der Waals surface area contributed by atoms with Gasteiger partial charge in [0.2, 0.25) is 0 Å². The second-order valence-electron chi connectivity index (χ2n) is 4.61. The van der Waals surface area contributed by atoms with Crippen LogP contribution in [-0.2, 0) is 5.54 Å². The van der Waals surface area contributed by atoms with Gasteiger partial charge in [-0.15, -0.1) is 0 Å². The Morgan fingerprint density at radius 2 is 1.62 bits per heavy atom. The quantitative estimate of drug-likeness (QED) is 0.662. The molecule has 0 saturated carbocycles. The summed E-state index contributed by atoms with van der Waals surface area (Å²) < 4.78 is 0. The first-order valence-corrected chi connectivity index (χ1v) is 6.05. The van der Waals surface area contributed by atoms with Crippen molar-refractivity contribution in [3.8, 4) is 0 Å². The van der Waals surface area contributed by atoms with Crippen molar-refractivity contribution in [3.63, 3.8) is 0 Å². The predicted molar refractivity (Wildman–Crippen MR) is 71.8 cm³/mol. The lowest BCUT2D eigenvalue weighted by Crippen LogP contribution is -2.49. The zero-order valence-corrected chi connectivity index (χ0v) is 11.4. The van der Waals surface area contributed by atoms with E-state index < -0.39 is 0 Å². The van der Waals surface area contributed by atoms with Gasteiger partial charge in [0.15, 0.2) is 0 Å². The van der Waals surface area contributed by atoms with Crippen molar-refractivity contribution in [2.75, 3.05) is 25.7 Å². The maximum atomic E-state index is 2.37. The summed E-state index contributed by atoms with van der Waals surface area (Å²) in [5.74, 6) is 0. The summed E-state index contributed by atoms with van der Waals surface area (Å²) in [6.07, 6.45) is 0. The number of rotatable bonds is 0. The molecule has 0 aromatic heterocycles. The van der Waals surface area contributed by atoms with Crippen LogP contribution >= 0.6 is 0 Å². The molecule has 16 heavy (non-hydrogen) atoms. The zero-order chi connectivity index (χ0) is 12.3. The molecule has 1 heterocycles. The topological polar surface area (TPSA) is 6.48 Å². The van der Waals surface area contributed by atoms with Gasteiger partial charge in [-0.2, -0.15) is 0 Å². The van der Waals surface area contributed by atoms with Crippen molar-refractivity contribution in [2.24, 2.45) is 0 Å². The number of para-hydroxylation sites is 1. The first kappa shape index (κ1) is 13.0. The van der Waals surface area contributed by atoms with E-state index in [4.69, 9.17) is 0 Å². The summed E-state index contributed by atoms with van der Waals surface area (Å²) in [7, 11) is 4.32. The molecule has 2 nitrogen and oxygen atoms in total. The van der Waals surface area contributed by atoms with E-state index in [2.05, 4.69) is 62.0 Å². The molecular weight excluding hydrogens is 196 g/mol. The van der Waals surface area contributed by atoms with Crippen LogP contribution in [0.15, 0.2) is 24.3 Å². The summed E-state index contributed by atoms with van der Waals surface area (Å²) in [4.78, 5) is 4.66. The Labute approximate surface area is 99.9 Å². The minimum Gasteiger partial charge on any atom is -0.361 e. The molecule has 1 aromatic rings. The molecule has 1 aliphatic heterocycles. The third-order valence-electron chi connectivity index (χ3n) is 3.35. The first-order valence-electron chi connectivity index (χ1n) is 6.05. The van der Waals surface area contributed by atoms with Crippen molar-refractivity contribution < 1.29 is 0 Å². The normalized spacial score (nSPS) is 18.5.